The van der Waals surface area contributed by atoms with Crippen LogP contribution in [0.5, 0.6) is 5.75 Å². The van der Waals surface area contributed by atoms with Crippen molar-refractivity contribution in [3.8, 4) is 5.75 Å². The lowest BCUT2D eigenvalue weighted by atomic mass is 9.89. The zero-order valence-electron chi connectivity index (χ0n) is 25.4. The first-order chi connectivity index (χ1) is 21.7. The van der Waals surface area contributed by atoms with Gasteiger partial charge in [0.2, 0.25) is 15.9 Å². The van der Waals surface area contributed by atoms with E-state index in [4.69, 9.17) is 13.9 Å². The average Bonchev–Trinajstić information content (AvgIpc) is 3.74. The lowest BCUT2D eigenvalue weighted by Crippen LogP contribution is -2.49. The molecule has 1 aromatic carbocycles. The van der Waals surface area contributed by atoms with Crippen molar-refractivity contribution in [1.82, 2.24) is 19.2 Å². The summed E-state index contributed by atoms with van der Waals surface area (Å²) in [6.45, 7) is 3.13. The number of rotatable bonds is 10. The molecule has 0 N–H and O–H groups in total. The molecular formula is C31H33F3N4O7S. The van der Waals surface area contributed by atoms with Crippen LogP contribution in [-0.2, 0) is 26.1 Å². The van der Waals surface area contributed by atoms with E-state index in [1.54, 1.807) is 44.2 Å². The zero-order chi connectivity index (χ0) is 33.3. The fraction of sp³-hybridized carbons (Fsp3) is 0.419. The first kappa shape index (κ1) is 33.1. The lowest BCUT2D eigenvalue weighted by molar-refractivity contribution is -0.212. The molecule has 2 aliphatic rings. The monoisotopic (exact) mass is 662 g/mol. The first-order valence-electron chi connectivity index (χ1n) is 14.5. The molecule has 3 heterocycles. The Labute approximate surface area is 264 Å². The molecule has 5 rings (SSSR count). The molecule has 0 unspecified atom stereocenters. The third kappa shape index (κ3) is 7.25. The molecule has 1 aliphatic carbocycles. The third-order valence-corrected chi connectivity index (χ3v) is 10.2. The fourth-order valence-corrected chi connectivity index (χ4v) is 7.51. The van der Waals surface area contributed by atoms with E-state index >= 15 is 0 Å². The Morgan fingerprint density at radius 1 is 1.13 bits per heavy atom. The van der Waals surface area contributed by atoms with Crippen LogP contribution in [0.4, 0.5) is 13.2 Å². The molecule has 1 saturated carbocycles. The van der Waals surface area contributed by atoms with Crippen LogP contribution in [0, 0.1) is 13.8 Å². The maximum atomic E-state index is 13.8. The average molecular weight is 663 g/mol. The number of piperidine rings is 1. The number of esters is 1. The van der Waals surface area contributed by atoms with Gasteiger partial charge in [0.25, 0.3) is 5.91 Å². The number of oxazole rings is 1. The number of hydrogen-bond donors (Lipinski definition) is 0. The number of benzene rings is 1. The van der Waals surface area contributed by atoms with E-state index in [0.717, 1.165) is 6.26 Å². The van der Waals surface area contributed by atoms with Crippen molar-refractivity contribution >= 4 is 28.0 Å². The number of methoxy groups -OCH3 is 1. The molecule has 3 aromatic rings. The van der Waals surface area contributed by atoms with Gasteiger partial charge in [0.05, 0.1) is 18.6 Å². The van der Waals surface area contributed by atoms with Crippen molar-refractivity contribution in [2.75, 3.05) is 20.2 Å². The highest BCUT2D eigenvalue weighted by Gasteiger charge is 2.47. The lowest BCUT2D eigenvalue weighted by Gasteiger charge is -2.39. The number of alkyl halides is 3. The maximum absolute atomic E-state index is 13.8. The molecule has 0 radical (unpaired) electrons. The highest BCUT2D eigenvalue weighted by molar-refractivity contribution is 7.89. The van der Waals surface area contributed by atoms with Crippen molar-refractivity contribution in [2.24, 2.45) is 0 Å². The molecule has 1 saturated heterocycles. The number of aryl methyl sites for hydroxylation is 2. The van der Waals surface area contributed by atoms with Crippen LogP contribution in [0.1, 0.15) is 58.8 Å². The summed E-state index contributed by atoms with van der Waals surface area (Å²) in [6, 6.07) is 6.35. The van der Waals surface area contributed by atoms with E-state index < -0.39 is 33.7 Å². The van der Waals surface area contributed by atoms with Crippen molar-refractivity contribution < 1.29 is 45.1 Å². The number of carbonyl (C=O) groups excluding carboxylic acids is 2. The molecule has 0 spiro atoms. The van der Waals surface area contributed by atoms with Crippen molar-refractivity contribution in [3.63, 3.8) is 0 Å². The van der Waals surface area contributed by atoms with E-state index in [1.807, 2.05) is 0 Å². The first-order valence-corrected chi connectivity index (χ1v) is 16.0. The number of aromatic nitrogens is 2. The van der Waals surface area contributed by atoms with E-state index in [1.165, 1.54) is 34.8 Å². The summed E-state index contributed by atoms with van der Waals surface area (Å²) in [5.74, 6) is -2.30. The van der Waals surface area contributed by atoms with Gasteiger partial charge >= 0.3 is 12.1 Å². The SMILES string of the molecule is COc1cc(C)c(S(=O)(=O)N(Cc2nc(C(=O)N3CCC(/C=C/c4ccncc4)(OC(=O)C(F)(F)F)CC3)co2)C2CC2)c(C)c1. The molecule has 0 atom stereocenters. The Bertz CT molecular complexity index is 1710. The molecule has 15 heteroatoms. The number of carbonyl (C=O) groups is 2. The van der Waals surface area contributed by atoms with Crippen molar-refractivity contribution in [1.29, 1.82) is 0 Å². The van der Waals surface area contributed by atoms with Crippen LogP contribution < -0.4 is 4.74 Å². The number of likely N-dealkylation sites (tertiary alicyclic amines) is 1. The minimum atomic E-state index is -5.19. The quantitative estimate of drug-likeness (QED) is 0.280. The topological polar surface area (TPSA) is 132 Å². The summed E-state index contributed by atoms with van der Waals surface area (Å²) < 4.78 is 84.1. The Hall–Kier alpha value is -4.24. The molecule has 11 nitrogen and oxygen atoms in total. The van der Waals surface area contributed by atoms with Gasteiger partial charge in [0.1, 0.15) is 17.6 Å². The van der Waals surface area contributed by atoms with E-state index in [-0.39, 0.29) is 55.0 Å². The number of pyridine rings is 1. The Morgan fingerprint density at radius 3 is 2.33 bits per heavy atom. The van der Waals surface area contributed by atoms with Gasteiger partial charge in [-0.05, 0) is 73.7 Å². The highest BCUT2D eigenvalue weighted by atomic mass is 32.2. The van der Waals surface area contributed by atoms with E-state index in [9.17, 15) is 31.2 Å². The second kappa shape index (κ2) is 12.9. The minimum Gasteiger partial charge on any atom is -0.497 e. The number of nitrogens with zero attached hydrogens (tertiary/aromatic N) is 4. The summed E-state index contributed by atoms with van der Waals surface area (Å²) in [5.41, 5.74) is 0.0306. The van der Waals surface area contributed by atoms with Gasteiger partial charge in [0, 0.05) is 44.4 Å². The van der Waals surface area contributed by atoms with Gasteiger partial charge in [0.15, 0.2) is 5.69 Å². The second-order valence-corrected chi connectivity index (χ2v) is 13.2. The number of halogens is 3. The fourth-order valence-electron chi connectivity index (χ4n) is 5.46. The van der Waals surface area contributed by atoms with Gasteiger partial charge in [-0.3, -0.25) is 9.78 Å². The van der Waals surface area contributed by atoms with E-state index in [2.05, 4.69) is 9.97 Å². The molecule has 2 aromatic heterocycles. The normalized spacial score (nSPS) is 17.0. The van der Waals surface area contributed by atoms with E-state index in [0.29, 0.717) is 35.3 Å². The Kier molecular flexibility index (Phi) is 9.27. The summed E-state index contributed by atoms with van der Waals surface area (Å²) >= 11 is 0. The zero-order valence-corrected chi connectivity index (χ0v) is 26.2. The Morgan fingerprint density at radius 2 is 1.76 bits per heavy atom. The maximum Gasteiger partial charge on any atom is 0.490 e. The van der Waals surface area contributed by atoms with Crippen LogP contribution >= 0.6 is 0 Å². The minimum absolute atomic E-state index is 0.0217. The summed E-state index contributed by atoms with van der Waals surface area (Å²) in [6.07, 6.45) is 3.07. The Balaban J connectivity index is 1.30. The van der Waals surface area contributed by atoms with Gasteiger partial charge in [-0.25, -0.2) is 18.2 Å². The third-order valence-electron chi connectivity index (χ3n) is 7.96. The number of ether oxygens (including phenoxy) is 2. The molecule has 46 heavy (non-hydrogen) atoms. The molecule has 2 fully saturated rings. The molecular weight excluding hydrogens is 629 g/mol. The van der Waals surface area contributed by atoms with Gasteiger partial charge in [-0.2, -0.15) is 17.5 Å². The molecule has 1 aliphatic heterocycles. The molecule has 0 bridgehead atoms. The van der Waals surface area contributed by atoms with Crippen molar-refractivity contribution in [2.45, 2.75) is 68.8 Å². The van der Waals surface area contributed by atoms with Crippen LogP contribution in [-0.4, -0.2) is 77.5 Å². The number of sulfonamides is 1. The van der Waals surface area contributed by atoms with Crippen LogP contribution in [0.25, 0.3) is 6.08 Å². The van der Waals surface area contributed by atoms with Crippen molar-refractivity contribution in [3.05, 3.63) is 77.3 Å². The van der Waals surface area contributed by atoms with Gasteiger partial charge in [-0.15, -0.1) is 0 Å². The summed E-state index contributed by atoms with van der Waals surface area (Å²) in [7, 11) is -2.46. The van der Waals surface area contributed by atoms with Crippen LogP contribution in [0.2, 0.25) is 0 Å². The molecule has 246 valence electrons. The van der Waals surface area contributed by atoms with Crippen LogP contribution in [0.3, 0.4) is 0 Å². The summed E-state index contributed by atoms with van der Waals surface area (Å²) in [5, 5.41) is 0. The number of hydrogen-bond acceptors (Lipinski definition) is 9. The smallest absolute Gasteiger partial charge is 0.490 e. The predicted molar refractivity (Wildman–Crippen MR) is 158 cm³/mol. The van der Waals surface area contributed by atoms with Crippen LogP contribution in [0.15, 0.2) is 58.3 Å². The standard InChI is InChI=1S/C31H33F3N4O7S/c1-20-16-24(43-3)17-21(2)27(20)46(41,42)38(23-4-5-23)18-26-36-25(19-44-26)28(39)37-14-10-30(11-15-37,45-29(40)31(32,33)34)9-6-22-7-12-35-13-8-22/h6-9,12-13,16-17,19,23H,4-5,10-11,14-15,18H2,1-3H3/b9-6+. The largest absolute Gasteiger partial charge is 0.497 e. The van der Waals surface area contributed by atoms with Gasteiger partial charge in [-0.1, -0.05) is 6.08 Å². The highest BCUT2D eigenvalue weighted by Crippen LogP contribution is 2.37. The predicted octanol–water partition coefficient (Wildman–Crippen LogP) is 4.84. The van der Waals surface area contributed by atoms with Gasteiger partial charge < -0.3 is 18.8 Å². The number of amides is 1. The second-order valence-electron chi connectivity index (χ2n) is 11.4. The summed E-state index contributed by atoms with van der Waals surface area (Å²) in [4.78, 5) is 34.9. The molecule has 1 amide bonds.